The summed E-state index contributed by atoms with van der Waals surface area (Å²) in [6.45, 7) is 2.02. The maximum Gasteiger partial charge on any atom is 0.160 e. The molecule has 0 amide bonds. The lowest BCUT2D eigenvalue weighted by atomic mass is 10.4. The summed E-state index contributed by atoms with van der Waals surface area (Å²) in [5, 5.41) is 4.09. The van der Waals surface area contributed by atoms with Gasteiger partial charge in [-0.1, -0.05) is 0 Å². The topological polar surface area (TPSA) is 27.1 Å². The second kappa shape index (κ2) is 2.26. The van der Waals surface area contributed by atoms with Crippen LogP contribution in [0.2, 0.25) is 0 Å². The zero-order valence-electron chi connectivity index (χ0n) is 6.87. The second-order valence-electron chi connectivity index (χ2n) is 3.04. The van der Waals surface area contributed by atoms with E-state index in [4.69, 9.17) is 4.74 Å². The van der Waals surface area contributed by atoms with E-state index in [1.54, 1.807) is 6.20 Å². The van der Waals surface area contributed by atoms with Gasteiger partial charge in [0.2, 0.25) is 0 Å². The highest BCUT2D eigenvalue weighted by Gasteiger charge is 2.24. The van der Waals surface area contributed by atoms with E-state index in [0.717, 1.165) is 11.4 Å². The first-order valence-corrected chi connectivity index (χ1v) is 3.92. The predicted octanol–water partition coefficient (Wildman–Crippen LogP) is 1.27. The third-order valence-electron chi connectivity index (χ3n) is 2.01. The Kier molecular flexibility index (Phi) is 1.37. The summed E-state index contributed by atoms with van der Waals surface area (Å²) in [5.41, 5.74) is 1.11. The largest absolute Gasteiger partial charge is 0.487 e. The summed E-state index contributed by atoms with van der Waals surface area (Å²) in [4.78, 5) is 0. The number of hydrogen-bond donors (Lipinski definition) is 0. The number of aromatic nitrogens is 2. The zero-order valence-corrected chi connectivity index (χ0v) is 6.87. The van der Waals surface area contributed by atoms with Gasteiger partial charge in [-0.3, -0.25) is 4.68 Å². The molecule has 3 heteroatoms. The molecule has 0 saturated heterocycles. The molecule has 2 rings (SSSR count). The molecular weight excluding hydrogens is 140 g/mol. The number of ether oxygens (including phenoxy) is 1. The molecule has 1 saturated carbocycles. The number of nitrogens with zero attached hydrogens (tertiary/aromatic N) is 2. The molecule has 0 spiro atoms. The molecule has 3 nitrogen and oxygen atoms in total. The standard InChI is InChI=1S/C8H12N2O/c1-6-8(5-9-10(6)2)11-7-3-4-7/h5,7H,3-4H2,1-2H3. The molecular formula is C8H12N2O. The molecule has 0 unspecified atom stereocenters. The molecule has 1 fully saturated rings. The molecule has 0 N–H and O–H groups in total. The summed E-state index contributed by atoms with van der Waals surface area (Å²) in [7, 11) is 1.93. The Morgan fingerprint density at radius 3 is 2.82 bits per heavy atom. The predicted molar refractivity (Wildman–Crippen MR) is 41.6 cm³/mol. The maximum atomic E-state index is 5.59. The van der Waals surface area contributed by atoms with Crippen molar-refractivity contribution in [3.05, 3.63) is 11.9 Å². The van der Waals surface area contributed by atoms with Crippen molar-refractivity contribution in [3.8, 4) is 5.75 Å². The van der Waals surface area contributed by atoms with E-state index < -0.39 is 0 Å². The first-order valence-electron chi connectivity index (χ1n) is 3.92. The third-order valence-corrected chi connectivity index (χ3v) is 2.01. The molecule has 0 radical (unpaired) electrons. The summed E-state index contributed by atoms with van der Waals surface area (Å²) in [6, 6.07) is 0. The van der Waals surface area contributed by atoms with Crippen LogP contribution in [0.1, 0.15) is 18.5 Å². The van der Waals surface area contributed by atoms with Crippen LogP contribution >= 0.6 is 0 Å². The van der Waals surface area contributed by atoms with Crippen LogP contribution in [0.15, 0.2) is 6.20 Å². The summed E-state index contributed by atoms with van der Waals surface area (Å²) in [5.74, 6) is 0.940. The minimum Gasteiger partial charge on any atom is -0.487 e. The van der Waals surface area contributed by atoms with Gasteiger partial charge in [0.05, 0.1) is 18.0 Å². The molecule has 0 aliphatic heterocycles. The summed E-state index contributed by atoms with van der Waals surface area (Å²) >= 11 is 0. The molecule has 1 heterocycles. The molecule has 1 aromatic rings. The van der Waals surface area contributed by atoms with Crippen molar-refractivity contribution in [1.29, 1.82) is 0 Å². The van der Waals surface area contributed by atoms with Crippen molar-refractivity contribution in [2.24, 2.45) is 7.05 Å². The normalized spacial score (nSPS) is 16.9. The van der Waals surface area contributed by atoms with Crippen LogP contribution in [-0.2, 0) is 7.05 Å². The molecule has 11 heavy (non-hydrogen) atoms. The lowest BCUT2D eigenvalue weighted by Crippen LogP contribution is -1.98. The van der Waals surface area contributed by atoms with Gasteiger partial charge in [0.15, 0.2) is 5.75 Å². The summed E-state index contributed by atoms with van der Waals surface area (Å²) < 4.78 is 7.42. The minimum atomic E-state index is 0.470. The lowest BCUT2D eigenvalue weighted by Gasteiger charge is -2.01. The smallest absolute Gasteiger partial charge is 0.160 e. The van der Waals surface area contributed by atoms with Crippen LogP contribution < -0.4 is 4.74 Å². The van der Waals surface area contributed by atoms with Crippen LogP contribution in [0.5, 0.6) is 5.75 Å². The van der Waals surface area contributed by atoms with Gasteiger partial charge in [-0.15, -0.1) is 0 Å². The highest BCUT2D eigenvalue weighted by atomic mass is 16.5. The van der Waals surface area contributed by atoms with Gasteiger partial charge in [0, 0.05) is 7.05 Å². The van der Waals surface area contributed by atoms with Crippen molar-refractivity contribution < 1.29 is 4.74 Å². The monoisotopic (exact) mass is 152 g/mol. The number of aryl methyl sites for hydroxylation is 1. The first-order chi connectivity index (χ1) is 5.27. The van der Waals surface area contributed by atoms with Crippen molar-refractivity contribution in [2.75, 3.05) is 0 Å². The van der Waals surface area contributed by atoms with E-state index in [-0.39, 0.29) is 0 Å². The zero-order chi connectivity index (χ0) is 7.84. The fourth-order valence-corrected chi connectivity index (χ4v) is 0.960. The SMILES string of the molecule is Cc1c(OC2CC2)cnn1C. The van der Waals surface area contributed by atoms with Gasteiger partial charge in [0.1, 0.15) is 0 Å². The van der Waals surface area contributed by atoms with Gasteiger partial charge < -0.3 is 4.74 Å². The van der Waals surface area contributed by atoms with E-state index in [1.807, 2.05) is 18.7 Å². The molecule has 1 aliphatic rings. The Morgan fingerprint density at radius 1 is 1.64 bits per heavy atom. The van der Waals surface area contributed by atoms with Crippen molar-refractivity contribution in [1.82, 2.24) is 9.78 Å². The quantitative estimate of drug-likeness (QED) is 0.638. The first kappa shape index (κ1) is 6.70. The van der Waals surface area contributed by atoms with Crippen molar-refractivity contribution >= 4 is 0 Å². The van der Waals surface area contributed by atoms with E-state index in [2.05, 4.69) is 5.10 Å². The highest BCUT2D eigenvalue weighted by molar-refractivity contribution is 5.24. The van der Waals surface area contributed by atoms with Gasteiger partial charge in [-0.2, -0.15) is 5.10 Å². The lowest BCUT2D eigenvalue weighted by molar-refractivity contribution is 0.300. The van der Waals surface area contributed by atoms with E-state index in [1.165, 1.54) is 12.8 Å². The van der Waals surface area contributed by atoms with Gasteiger partial charge in [-0.25, -0.2) is 0 Å². The fraction of sp³-hybridized carbons (Fsp3) is 0.625. The van der Waals surface area contributed by atoms with Crippen molar-refractivity contribution in [3.63, 3.8) is 0 Å². The minimum absolute atomic E-state index is 0.470. The Labute approximate surface area is 66.0 Å². The maximum absolute atomic E-state index is 5.59. The Hall–Kier alpha value is -0.990. The van der Waals surface area contributed by atoms with Crippen LogP contribution in [-0.4, -0.2) is 15.9 Å². The number of hydrogen-bond acceptors (Lipinski definition) is 2. The number of rotatable bonds is 2. The Bertz CT molecular complexity index is 263. The van der Waals surface area contributed by atoms with E-state index >= 15 is 0 Å². The summed E-state index contributed by atoms with van der Waals surface area (Å²) in [6.07, 6.45) is 4.66. The Balaban J connectivity index is 2.15. The average molecular weight is 152 g/mol. The molecule has 0 bridgehead atoms. The Morgan fingerprint density at radius 2 is 2.36 bits per heavy atom. The molecule has 0 aromatic carbocycles. The van der Waals surface area contributed by atoms with Gasteiger partial charge >= 0.3 is 0 Å². The molecule has 1 aliphatic carbocycles. The molecule has 1 aromatic heterocycles. The second-order valence-corrected chi connectivity index (χ2v) is 3.04. The molecule has 60 valence electrons. The van der Waals surface area contributed by atoms with Crippen molar-refractivity contribution in [2.45, 2.75) is 25.9 Å². The van der Waals surface area contributed by atoms with Gasteiger partial charge in [-0.05, 0) is 19.8 Å². The van der Waals surface area contributed by atoms with E-state index in [0.29, 0.717) is 6.10 Å². The van der Waals surface area contributed by atoms with Crippen LogP contribution in [0, 0.1) is 6.92 Å². The fourth-order valence-electron chi connectivity index (χ4n) is 0.960. The van der Waals surface area contributed by atoms with Gasteiger partial charge in [0.25, 0.3) is 0 Å². The van der Waals surface area contributed by atoms with Crippen LogP contribution in [0.25, 0.3) is 0 Å². The highest BCUT2D eigenvalue weighted by Crippen LogP contribution is 2.28. The average Bonchev–Trinajstić information content (AvgIpc) is 2.74. The van der Waals surface area contributed by atoms with E-state index in [9.17, 15) is 0 Å². The third kappa shape index (κ3) is 1.23. The van der Waals surface area contributed by atoms with Crippen LogP contribution in [0.3, 0.4) is 0 Å². The molecule has 0 atom stereocenters. The van der Waals surface area contributed by atoms with Crippen LogP contribution in [0.4, 0.5) is 0 Å².